The zero-order valence-electron chi connectivity index (χ0n) is 14.0. The van der Waals surface area contributed by atoms with Crippen LogP contribution in [-0.4, -0.2) is 30.7 Å². The van der Waals surface area contributed by atoms with Crippen molar-refractivity contribution in [3.8, 4) is 0 Å². The number of allylic oxidation sites excluding steroid dienone is 1. The maximum Gasteiger partial charge on any atom is 0.0934 e. The molecule has 4 rings (SSSR count). The van der Waals surface area contributed by atoms with E-state index in [-0.39, 0.29) is 0 Å². The molecule has 24 heavy (non-hydrogen) atoms. The molecule has 128 valence electrons. The normalized spacial score (nSPS) is 28.1. The van der Waals surface area contributed by atoms with E-state index in [0.29, 0.717) is 5.92 Å². The molecule has 2 aromatic rings. The van der Waals surface area contributed by atoms with E-state index in [1.165, 1.54) is 45.5 Å². The minimum absolute atomic E-state index is 0.658. The Morgan fingerprint density at radius 1 is 0.958 bits per heavy atom. The van der Waals surface area contributed by atoms with Gasteiger partial charge in [0.15, 0.2) is 0 Å². The second-order valence-corrected chi connectivity index (χ2v) is 11.0. The molecule has 1 nitrogen and oxygen atoms in total. The molecule has 2 fully saturated rings. The molecule has 0 amide bonds. The Labute approximate surface area is 162 Å². The van der Waals surface area contributed by atoms with E-state index in [1.807, 2.05) is 12.1 Å². The number of thiophene rings is 2. The minimum atomic E-state index is 0.658. The monoisotopic (exact) mass is 398 g/mol. The first-order valence-electron chi connectivity index (χ1n) is 8.50. The van der Waals surface area contributed by atoms with Crippen LogP contribution in [0.5, 0.6) is 0 Å². The third-order valence-corrected chi connectivity index (χ3v) is 8.47. The minimum Gasteiger partial charge on any atom is -0.324 e. The Morgan fingerprint density at radius 2 is 1.46 bits per heavy atom. The molecule has 0 spiro atoms. The standard InChI is InChI=1S/C19H22Cl2NS2/c1-22(2)13-3-4-14(22)10-12(9-13)11-15(16-5-7-18(20)23-16)17-6-8-19(21)24-17/h5-8,11-14H,3-4,9-10H2,1-2H3/q+1/t13-,14-/m0/s1. The van der Waals surface area contributed by atoms with Crippen LogP contribution in [0.2, 0.25) is 8.67 Å². The molecule has 2 aromatic heterocycles. The highest BCUT2D eigenvalue weighted by molar-refractivity contribution is 7.19. The summed E-state index contributed by atoms with van der Waals surface area (Å²) in [6.07, 6.45) is 7.87. The summed E-state index contributed by atoms with van der Waals surface area (Å²) in [5, 5.41) is 0. The van der Waals surface area contributed by atoms with Crippen molar-refractivity contribution < 1.29 is 4.48 Å². The first-order chi connectivity index (χ1) is 11.4. The zero-order valence-corrected chi connectivity index (χ0v) is 17.1. The lowest BCUT2D eigenvalue weighted by Gasteiger charge is -2.43. The number of rotatable bonds is 3. The smallest absolute Gasteiger partial charge is 0.0934 e. The number of hydrogen-bond donors (Lipinski definition) is 0. The zero-order chi connectivity index (χ0) is 16.9. The van der Waals surface area contributed by atoms with Crippen molar-refractivity contribution >= 4 is 51.4 Å². The molecular formula is C19H22Cl2NS2+. The highest BCUT2D eigenvalue weighted by Crippen LogP contribution is 2.45. The van der Waals surface area contributed by atoms with E-state index in [0.717, 1.165) is 20.8 Å². The number of nitrogens with zero attached hydrogens (tertiary/aromatic N) is 1. The van der Waals surface area contributed by atoms with Gasteiger partial charge in [0, 0.05) is 41.0 Å². The summed E-state index contributed by atoms with van der Waals surface area (Å²) in [6, 6.07) is 9.90. The predicted molar refractivity (Wildman–Crippen MR) is 107 cm³/mol. The molecule has 0 N–H and O–H groups in total. The van der Waals surface area contributed by atoms with Crippen molar-refractivity contribution in [3.05, 3.63) is 48.8 Å². The van der Waals surface area contributed by atoms with Gasteiger partial charge in [0.1, 0.15) is 0 Å². The largest absolute Gasteiger partial charge is 0.324 e. The molecule has 2 saturated heterocycles. The Bertz CT molecular complexity index is 716. The lowest BCUT2D eigenvalue weighted by atomic mass is 9.87. The second kappa shape index (κ2) is 6.44. The van der Waals surface area contributed by atoms with E-state index in [2.05, 4.69) is 32.3 Å². The number of quaternary nitrogens is 1. The first kappa shape index (κ1) is 17.1. The van der Waals surface area contributed by atoms with Crippen LogP contribution >= 0.6 is 45.9 Å². The molecule has 0 unspecified atom stereocenters. The first-order valence-corrected chi connectivity index (χ1v) is 10.9. The van der Waals surface area contributed by atoms with Crippen LogP contribution < -0.4 is 0 Å². The van der Waals surface area contributed by atoms with Crippen molar-refractivity contribution in [2.24, 2.45) is 5.92 Å². The molecule has 0 aromatic carbocycles. The molecule has 0 saturated carbocycles. The maximum atomic E-state index is 6.20. The maximum absolute atomic E-state index is 6.20. The van der Waals surface area contributed by atoms with Gasteiger partial charge in [-0.2, -0.15) is 0 Å². The third kappa shape index (κ3) is 3.10. The fourth-order valence-corrected chi connectivity index (χ4v) is 6.73. The van der Waals surface area contributed by atoms with E-state index in [1.54, 1.807) is 22.7 Å². The molecule has 2 aliphatic heterocycles. The molecule has 5 heteroatoms. The van der Waals surface area contributed by atoms with Crippen LogP contribution in [0, 0.1) is 5.92 Å². The molecule has 2 atom stereocenters. The lowest BCUT2D eigenvalue weighted by Crippen LogP contribution is -2.54. The van der Waals surface area contributed by atoms with Gasteiger partial charge in [-0.1, -0.05) is 29.3 Å². The van der Waals surface area contributed by atoms with Crippen LogP contribution in [0.3, 0.4) is 0 Å². The van der Waals surface area contributed by atoms with E-state index >= 15 is 0 Å². The average Bonchev–Trinajstić information content (AvgIpc) is 3.15. The molecular weight excluding hydrogens is 377 g/mol. The molecule has 2 bridgehead atoms. The van der Waals surface area contributed by atoms with Crippen LogP contribution in [-0.2, 0) is 0 Å². The van der Waals surface area contributed by atoms with E-state index < -0.39 is 0 Å². The SMILES string of the molecule is C[N+]1(C)[C@H]2CC[C@H]1CC(C=C(c1ccc(Cl)s1)c1ccc(Cl)s1)C2. The van der Waals surface area contributed by atoms with Gasteiger partial charge in [-0.25, -0.2) is 0 Å². The van der Waals surface area contributed by atoms with Crippen LogP contribution in [0.1, 0.15) is 35.4 Å². The summed E-state index contributed by atoms with van der Waals surface area (Å²) in [5.74, 6) is 0.658. The van der Waals surface area contributed by atoms with Gasteiger partial charge in [-0.3, -0.25) is 0 Å². The summed E-state index contributed by atoms with van der Waals surface area (Å²) in [6.45, 7) is 0. The fraction of sp³-hybridized carbons (Fsp3) is 0.474. The van der Waals surface area contributed by atoms with Crippen molar-refractivity contribution in [1.29, 1.82) is 0 Å². The van der Waals surface area contributed by atoms with E-state index in [9.17, 15) is 0 Å². The third-order valence-electron chi connectivity index (χ3n) is 5.94. The van der Waals surface area contributed by atoms with Gasteiger partial charge < -0.3 is 4.48 Å². The molecule has 0 radical (unpaired) electrons. The van der Waals surface area contributed by atoms with Gasteiger partial charge in [0.05, 0.1) is 34.9 Å². The predicted octanol–water partition coefficient (Wildman–Crippen LogP) is 6.57. The number of hydrogen-bond acceptors (Lipinski definition) is 2. The van der Waals surface area contributed by atoms with Crippen molar-refractivity contribution in [2.45, 2.75) is 37.8 Å². The number of piperidine rings is 1. The van der Waals surface area contributed by atoms with Crippen LogP contribution in [0.4, 0.5) is 0 Å². The van der Waals surface area contributed by atoms with E-state index in [4.69, 9.17) is 23.2 Å². The fourth-order valence-electron chi connectivity index (χ4n) is 4.50. The summed E-state index contributed by atoms with van der Waals surface area (Å²) >= 11 is 15.7. The highest BCUT2D eigenvalue weighted by atomic mass is 35.5. The molecule has 0 aliphatic carbocycles. The van der Waals surface area contributed by atoms with Crippen molar-refractivity contribution in [3.63, 3.8) is 0 Å². The number of fused-ring (bicyclic) bond motifs is 2. The van der Waals surface area contributed by atoms with Crippen molar-refractivity contribution in [2.75, 3.05) is 14.1 Å². The van der Waals surface area contributed by atoms with Crippen LogP contribution in [0.25, 0.3) is 5.57 Å². The topological polar surface area (TPSA) is 0 Å². The Morgan fingerprint density at radius 3 is 1.88 bits per heavy atom. The van der Waals surface area contributed by atoms with Crippen LogP contribution in [0.15, 0.2) is 30.3 Å². The summed E-state index contributed by atoms with van der Waals surface area (Å²) in [7, 11) is 4.84. The summed E-state index contributed by atoms with van der Waals surface area (Å²) in [5.41, 5.74) is 1.32. The lowest BCUT2D eigenvalue weighted by molar-refractivity contribution is -0.931. The Hall–Kier alpha value is -0.320. The van der Waals surface area contributed by atoms with Gasteiger partial charge in [0.2, 0.25) is 0 Å². The van der Waals surface area contributed by atoms with Crippen molar-refractivity contribution in [1.82, 2.24) is 0 Å². The molecule has 2 aliphatic rings. The Kier molecular flexibility index (Phi) is 4.59. The quantitative estimate of drug-likeness (QED) is 0.513. The van der Waals surface area contributed by atoms with Gasteiger partial charge >= 0.3 is 0 Å². The summed E-state index contributed by atoms with van der Waals surface area (Å²) in [4.78, 5) is 2.51. The summed E-state index contributed by atoms with van der Waals surface area (Å²) < 4.78 is 2.91. The Balaban J connectivity index is 1.68. The van der Waals surface area contributed by atoms with Gasteiger partial charge in [-0.05, 0) is 30.2 Å². The second-order valence-electron chi connectivity index (χ2n) is 7.53. The highest BCUT2D eigenvalue weighted by Gasteiger charge is 2.48. The average molecular weight is 399 g/mol. The van der Waals surface area contributed by atoms with Gasteiger partial charge in [0.25, 0.3) is 0 Å². The van der Waals surface area contributed by atoms with Gasteiger partial charge in [-0.15, -0.1) is 22.7 Å². The number of halogens is 2. The molecule has 4 heterocycles.